The first-order valence-electron chi connectivity index (χ1n) is 9.31. The molecule has 1 N–H and O–H groups in total. The molecule has 0 saturated heterocycles. The van der Waals surface area contributed by atoms with Gasteiger partial charge in [0.1, 0.15) is 5.82 Å². The number of carboxylic acids is 1. The zero-order valence-corrected chi connectivity index (χ0v) is 15.7. The Morgan fingerprint density at radius 1 is 1.29 bits per heavy atom. The van der Waals surface area contributed by atoms with E-state index in [1.807, 2.05) is 24.6 Å². The number of hydrogen-bond acceptors (Lipinski definition) is 3. The van der Waals surface area contributed by atoms with Crippen molar-refractivity contribution >= 4 is 11.9 Å². The molecular weight excluding hydrogens is 368 g/mol. The molecule has 0 radical (unpaired) electrons. The second-order valence-corrected chi connectivity index (χ2v) is 7.68. The predicted molar refractivity (Wildman–Crippen MR) is 95.6 cm³/mol. The number of carbonyl (C=O) groups is 2. The molecule has 0 bridgehead atoms. The minimum atomic E-state index is -1.31. The van der Waals surface area contributed by atoms with Crippen LogP contribution in [0.3, 0.4) is 0 Å². The zero-order chi connectivity index (χ0) is 20.2. The Hall–Kier alpha value is -2.77. The van der Waals surface area contributed by atoms with E-state index in [1.54, 1.807) is 0 Å². The molecule has 1 unspecified atom stereocenters. The molecule has 8 heteroatoms. The van der Waals surface area contributed by atoms with Crippen molar-refractivity contribution in [2.24, 2.45) is 5.92 Å². The molecule has 0 saturated carbocycles. The number of aromatic nitrogens is 2. The van der Waals surface area contributed by atoms with Crippen LogP contribution in [0.15, 0.2) is 18.3 Å². The van der Waals surface area contributed by atoms with Crippen LogP contribution in [0.2, 0.25) is 0 Å². The van der Waals surface area contributed by atoms with Gasteiger partial charge < -0.3 is 14.6 Å². The molecule has 6 nitrogen and oxygen atoms in total. The standard InChI is InChI=1S/C20H21F2N3O3/c1-10-7-12(9-24-8-11(2)23-18(10)24)19(26)25-6-5-13-14(17(25)20(27)28)3-4-15(21)16(13)22/h3-4,8,10,12,17H,5-7,9H2,1-2H3,(H,27,28)/t10-,12+,17?/m1/s1. The highest BCUT2D eigenvalue weighted by Gasteiger charge is 2.41. The predicted octanol–water partition coefficient (Wildman–Crippen LogP) is 2.80. The maximum Gasteiger partial charge on any atom is 0.331 e. The molecule has 0 aliphatic carbocycles. The summed E-state index contributed by atoms with van der Waals surface area (Å²) in [7, 11) is 0. The Morgan fingerprint density at radius 2 is 2.04 bits per heavy atom. The fourth-order valence-corrected chi connectivity index (χ4v) is 4.51. The third-order valence-electron chi connectivity index (χ3n) is 5.73. The monoisotopic (exact) mass is 389 g/mol. The third-order valence-corrected chi connectivity index (χ3v) is 5.73. The fourth-order valence-electron chi connectivity index (χ4n) is 4.51. The summed E-state index contributed by atoms with van der Waals surface area (Å²) in [5.74, 6) is -2.94. The van der Waals surface area contributed by atoms with Gasteiger partial charge in [0.2, 0.25) is 5.91 Å². The normalized spacial score (nSPS) is 23.9. The Bertz CT molecular complexity index is 972. The molecule has 2 aliphatic rings. The summed E-state index contributed by atoms with van der Waals surface area (Å²) in [5.41, 5.74) is 1.07. The highest BCUT2D eigenvalue weighted by molar-refractivity contribution is 5.87. The highest BCUT2D eigenvalue weighted by Crippen LogP contribution is 2.36. The van der Waals surface area contributed by atoms with Crippen molar-refractivity contribution in [1.82, 2.24) is 14.5 Å². The second-order valence-electron chi connectivity index (χ2n) is 7.68. The van der Waals surface area contributed by atoms with E-state index in [0.717, 1.165) is 17.6 Å². The van der Waals surface area contributed by atoms with Crippen LogP contribution < -0.4 is 0 Å². The Morgan fingerprint density at radius 3 is 2.75 bits per heavy atom. The van der Waals surface area contributed by atoms with Crippen molar-refractivity contribution in [2.75, 3.05) is 6.54 Å². The molecule has 2 aromatic rings. The van der Waals surface area contributed by atoms with Crippen molar-refractivity contribution in [3.05, 3.63) is 52.6 Å². The first-order valence-corrected chi connectivity index (χ1v) is 9.31. The number of fused-ring (bicyclic) bond motifs is 2. The molecule has 1 amide bonds. The van der Waals surface area contributed by atoms with Gasteiger partial charge in [-0.15, -0.1) is 0 Å². The van der Waals surface area contributed by atoms with Crippen molar-refractivity contribution in [3.63, 3.8) is 0 Å². The van der Waals surface area contributed by atoms with E-state index in [4.69, 9.17) is 0 Å². The quantitative estimate of drug-likeness (QED) is 0.857. The molecule has 2 aliphatic heterocycles. The number of imidazole rings is 1. The van der Waals surface area contributed by atoms with E-state index >= 15 is 0 Å². The number of amides is 1. The van der Waals surface area contributed by atoms with Crippen molar-refractivity contribution < 1.29 is 23.5 Å². The van der Waals surface area contributed by atoms with Crippen molar-refractivity contribution in [3.8, 4) is 0 Å². The maximum absolute atomic E-state index is 14.1. The molecule has 3 heterocycles. The molecule has 0 fully saturated rings. The number of aryl methyl sites for hydroxylation is 1. The molecular formula is C20H21F2N3O3. The van der Waals surface area contributed by atoms with Crippen molar-refractivity contribution in [1.29, 1.82) is 0 Å². The van der Waals surface area contributed by atoms with Gasteiger partial charge in [0.25, 0.3) is 0 Å². The molecule has 4 rings (SSSR count). The number of benzene rings is 1. The molecule has 1 aromatic heterocycles. The number of carbonyl (C=O) groups excluding carboxylic acids is 1. The van der Waals surface area contributed by atoms with E-state index < -0.39 is 23.6 Å². The maximum atomic E-state index is 14.1. The van der Waals surface area contributed by atoms with E-state index in [0.29, 0.717) is 13.0 Å². The van der Waals surface area contributed by atoms with E-state index in [-0.39, 0.29) is 41.8 Å². The molecule has 148 valence electrons. The van der Waals surface area contributed by atoms with Crippen LogP contribution in [-0.2, 0) is 22.6 Å². The number of aliphatic carboxylic acids is 1. The van der Waals surface area contributed by atoms with Crippen LogP contribution in [-0.4, -0.2) is 38.0 Å². The lowest BCUT2D eigenvalue weighted by atomic mass is 9.87. The largest absolute Gasteiger partial charge is 0.479 e. The van der Waals surface area contributed by atoms with Gasteiger partial charge in [0, 0.05) is 25.2 Å². The number of carboxylic acid groups (broad SMARTS) is 1. The summed E-state index contributed by atoms with van der Waals surface area (Å²) >= 11 is 0. The van der Waals surface area contributed by atoms with Gasteiger partial charge in [0.05, 0.1) is 11.6 Å². The molecule has 1 aromatic carbocycles. The lowest BCUT2D eigenvalue weighted by Crippen LogP contribution is -2.48. The summed E-state index contributed by atoms with van der Waals surface area (Å²) in [6, 6.07) is 0.876. The van der Waals surface area contributed by atoms with Crippen LogP contribution in [0, 0.1) is 24.5 Å². The number of nitrogens with zero attached hydrogens (tertiary/aromatic N) is 3. The Balaban J connectivity index is 1.66. The first-order chi connectivity index (χ1) is 13.3. The van der Waals surface area contributed by atoms with Gasteiger partial charge in [-0.05, 0) is 37.0 Å². The summed E-state index contributed by atoms with van der Waals surface area (Å²) in [4.78, 5) is 31.0. The molecule has 0 spiro atoms. The van der Waals surface area contributed by atoms with Gasteiger partial charge in [-0.1, -0.05) is 13.0 Å². The lowest BCUT2D eigenvalue weighted by Gasteiger charge is -2.38. The number of rotatable bonds is 2. The van der Waals surface area contributed by atoms with Crippen LogP contribution in [0.1, 0.15) is 47.9 Å². The van der Waals surface area contributed by atoms with E-state index in [9.17, 15) is 23.5 Å². The van der Waals surface area contributed by atoms with Crippen LogP contribution in [0.5, 0.6) is 0 Å². The van der Waals surface area contributed by atoms with E-state index in [1.165, 1.54) is 11.0 Å². The molecule has 3 atom stereocenters. The van der Waals surface area contributed by atoms with Gasteiger partial charge in [-0.2, -0.15) is 0 Å². The minimum absolute atomic E-state index is 0.0426. The number of halogens is 2. The van der Waals surface area contributed by atoms with E-state index in [2.05, 4.69) is 4.98 Å². The lowest BCUT2D eigenvalue weighted by molar-refractivity contribution is -0.153. The van der Waals surface area contributed by atoms with Gasteiger partial charge in [0.15, 0.2) is 17.7 Å². The van der Waals surface area contributed by atoms with Crippen LogP contribution >= 0.6 is 0 Å². The fraction of sp³-hybridized carbons (Fsp3) is 0.450. The van der Waals surface area contributed by atoms with Crippen LogP contribution in [0.25, 0.3) is 0 Å². The first kappa shape index (κ1) is 18.6. The SMILES string of the molecule is Cc1cn2c(n1)[C@H](C)C[C@H](C(=O)N1CCc3c(ccc(F)c3F)C1C(=O)O)C2. The summed E-state index contributed by atoms with van der Waals surface area (Å²) in [5, 5.41) is 9.75. The average molecular weight is 389 g/mol. The Kier molecular flexibility index (Phi) is 4.44. The third kappa shape index (κ3) is 2.87. The summed E-state index contributed by atoms with van der Waals surface area (Å²) < 4.78 is 29.6. The topological polar surface area (TPSA) is 75.4 Å². The highest BCUT2D eigenvalue weighted by atomic mass is 19.2. The smallest absolute Gasteiger partial charge is 0.331 e. The van der Waals surface area contributed by atoms with Crippen molar-refractivity contribution in [2.45, 2.75) is 45.2 Å². The summed E-state index contributed by atoms with van der Waals surface area (Å²) in [6.07, 6.45) is 2.55. The minimum Gasteiger partial charge on any atom is -0.479 e. The summed E-state index contributed by atoms with van der Waals surface area (Å²) in [6.45, 7) is 4.37. The second kappa shape index (κ2) is 6.68. The molecule has 28 heavy (non-hydrogen) atoms. The van der Waals surface area contributed by atoms with Gasteiger partial charge in [-0.3, -0.25) is 4.79 Å². The average Bonchev–Trinajstić information content (AvgIpc) is 3.04. The van der Waals surface area contributed by atoms with Gasteiger partial charge >= 0.3 is 5.97 Å². The number of hydrogen-bond donors (Lipinski definition) is 1. The van der Waals surface area contributed by atoms with Gasteiger partial charge in [-0.25, -0.2) is 18.6 Å². The zero-order valence-electron chi connectivity index (χ0n) is 15.7. The Labute approximate surface area is 160 Å². The van der Waals surface area contributed by atoms with Crippen LogP contribution in [0.4, 0.5) is 8.78 Å².